The van der Waals surface area contributed by atoms with Crippen molar-refractivity contribution in [3.8, 4) is 5.75 Å². The van der Waals surface area contributed by atoms with Gasteiger partial charge in [-0.05, 0) is 50.2 Å². The van der Waals surface area contributed by atoms with Gasteiger partial charge in [0.2, 0.25) is 0 Å². The average molecular weight is 371 g/mol. The van der Waals surface area contributed by atoms with Crippen LogP contribution >= 0.6 is 0 Å². The Morgan fingerprint density at radius 2 is 1.70 bits per heavy atom. The number of esters is 1. The lowest BCUT2D eigenvalue weighted by molar-refractivity contribution is -0.885. The molecule has 0 saturated heterocycles. The summed E-state index contributed by atoms with van der Waals surface area (Å²) in [6.07, 6.45) is 0. The Hall–Kier alpha value is -2.86. The van der Waals surface area contributed by atoms with Gasteiger partial charge in [0.1, 0.15) is 12.3 Å². The molecule has 6 nitrogen and oxygen atoms in total. The van der Waals surface area contributed by atoms with E-state index >= 15 is 0 Å². The monoisotopic (exact) mass is 371 g/mol. The number of benzene rings is 2. The molecular weight excluding hydrogens is 344 g/mol. The maximum Gasteiger partial charge on any atom is 0.340 e. The Morgan fingerprint density at radius 1 is 1.00 bits per heavy atom. The van der Waals surface area contributed by atoms with Crippen LogP contribution in [0.4, 0.5) is 5.69 Å². The molecule has 27 heavy (non-hydrogen) atoms. The van der Waals surface area contributed by atoms with Crippen molar-refractivity contribution in [2.45, 2.75) is 20.4 Å². The normalized spacial score (nSPS) is 11.5. The van der Waals surface area contributed by atoms with E-state index in [0.717, 1.165) is 16.2 Å². The second-order valence-electron chi connectivity index (χ2n) is 6.20. The second-order valence-corrected chi connectivity index (χ2v) is 6.20. The minimum atomic E-state index is -0.441. The number of nitrogens with one attached hydrogen (secondary N) is 2. The first-order chi connectivity index (χ1) is 13.0. The first kappa shape index (κ1) is 20.5. The molecule has 0 bridgehead atoms. The highest BCUT2D eigenvalue weighted by Crippen LogP contribution is 2.16. The molecular formula is C21H27N2O4+. The number of carbonyl (C=O) groups excluding carboxylic acids is 2. The van der Waals surface area contributed by atoms with Gasteiger partial charge in [-0.2, -0.15) is 0 Å². The summed E-state index contributed by atoms with van der Waals surface area (Å²) in [4.78, 5) is 25.4. The molecule has 1 amide bonds. The van der Waals surface area contributed by atoms with E-state index in [1.165, 1.54) is 0 Å². The lowest BCUT2D eigenvalue weighted by atomic mass is 10.1. The highest BCUT2D eigenvalue weighted by atomic mass is 16.5. The molecule has 0 aliphatic carbocycles. The number of hydrogen-bond acceptors (Lipinski definition) is 4. The van der Waals surface area contributed by atoms with Crippen molar-refractivity contribution >= 4 is 17.6 Å². The predicted molar refractivity (Wildman–Crippen MR) is 104 cm³/mol. The quantitative estimate of drug-likeness (QED) is 0.661. The Morgan fingerprint density at radius 3 is 2.37 bits per heavy atom. The molecule has 6 heteroatoms. The first-order valence-electron chi connectivity index (χ1n) is 9.12. The lowest BCUT2D eigenvalue weighted by Gasteiger charge is -2.15. The van der Waals surface area contributed by atoms with Crippen molar-refractivity contribution in [2.24, 2.45) is 0 Å². The van der Waals surface area contributed by atoms with E-state index in [-0.39, 0.29) is 19.1 Å². The number of anilines is 1. The van der Waals surface area contributed by atoms with E-state index in [4.69, 9.17) is 9.47 Å². The van der Waals surface area contributed by atoms with Gasteiger partial charge < -0.3 is 19.7 Å². The molecule has 0 saturated carbocycles. The molecule has 0 fully saturated rings. The van der Waals surface area contributed by atoms with Crippen LogP contribution in [-0.2, 0) is 16.1 Å². The first-order valence-corrected chi connectivity index (χ1v) is 9.12. The van der Waals surface area contributed by atoms with Gasteiger partial charge in [0.15, 0.2) is 6.54 Å². The molecule has 0 aromatic heterocycles. The van der Waals surface area contributed by atoms with Gasteiger partial charge in [0.05, 0.1) is 31.5 Å². The second kappa shape index (κ2) is 10.3. The van der Waals surface area contributed by atoms with Crippen molar-refractivity contribution in [1.29, 1.82) is 0 Å². The topological polar surface area (TPSA) is 69.1 Å². The van der Waals surface area contributed by atoms with Crippen LogP contribution in [0.5, 0.6) is 5.75 Å². The maximum absolute atomic E-state index is 12.4. The molecule has 2 rings (SSSR count). The number of ether oxygens (including phenoxy) is 2. The van der Waals surface area contributed by atoms with Crippen molar-refractivity contribution in [1.82, 2.24) is 0 Å². The fourth-order valence-corrected chi connectivity index (χ4v) is 2.73. The van der Waals surface area contributed by atoms with E-state index in [1.807, 2.05) is 38.2 Å². The summed E-state index contributed by atoms with van der Waals surface area (Å²) in [7, 11) is 1.95. The highest BCUT2D eigenvalue weighted by Gasteiger charge is 2.16. The van der Waals surface area contributed by atoms with Crippen molar-refractivity contribution in [3.05, 3.63) is 59.7 Å². The van der Waals surface area contributed by atoms with Crippen LogP contribution < -0.4 is 15.0 Å². The summed E-state index contributed by atoms with van der Waals surface area (Å²) in [6, 6.07) is 14.7. The van der Waals surface area contributed by atoms with Gasteiger partial charge in [0.25, 0.3) is 5.91 Å². The largest absolute Gasteiger partial charge is 0.494 e. The summed E-state index contributed by atoms with van der Waals surface area (Å²) < 4.78 is 10.5. The van der Waals surface area contributed by atoms with E-state index in [2.05, 4.69) is 5.32 Å². The number of amides is 1. The van der Waals surface area contributed by atoms with Crippen molar-refractivity contribution < 1.29 is 24.0 Å². The minimum Gasteiger partial charge on any atom is -0.494 e. The summed E-state index contributed by atoms with van der Waals surface area (Å²) >= 11 is 0. The smallest absolute Gasteiger partial charge is 0.340 e. The SMILES string of the molecule is CCOC(=O)c1ccccc1NC(=O)C[NH+](C)Cc1ccc(OCC)cc1. The minimum absolute atomic E-state index is 0.157. The molecule has 1 unspecified atom stereocenters. The van der Waals surface area contributed by atoms with Crippen LogP contribution in [-0.4, -0.2) is 38.7 Å². The number of hydrogen-bond donors (Lipinski definition) is 2. The number of likely N-dealkylation sites (N-methyl/N-ethyl adjacent to an activating group) is 1. The van der Waals surface area contributed by atoms with Crippen LogP contribution in [0.3, 0.4) is 0 Å². The third kappa shape index (κ3) is 6.42. The zero-order valence-corrected chi connectivity index (χ0v) is 16.1. The fourth-order valence-electron chi connectivity index (χ4n) is 2.73. The highest BCUT2D eigenvalue weighted by molar-refractivity contribution is 6.01. The van der Waals surface area contributed by atoms with E-state index in [1.54, 1.807) is 31.2 Å². The molecule has 0 spiro atoms. The van der Waals surface area contributed by atoms with Gasteiger partial charge in [-0.1, -0.05) is 12.1 Å². The van der Waals surface area contributed by atoms with E-state index in [0.29, 0.717) is 24.4 Å². The third-order valence-corrected chi connectivity index (χ3v) is 3.90. The zero-order chi connectivity index (χ0) is 19.6. The van der Waals surface area contributed by atoms with Gasteiger partial charge in [-0.15, -0.1) is 0 Å². The third-order valence-electron chi connectivity index (χ3n) is 3.90. The number of para-hydroxylation sites is 1. The molecule has 0 heterocycles. The number of rotatable bonds is 9. The van der Waals surface area contributed by atoms with Crippen LogP contribution in [0.15, 0.2) is 48.5 Å². The van der Waals surface area contributed by atoms with E-state index in [9.17, 15) is 9.59 Å². The molecule has 2 aromatic rings. The summed E-state index contributed by atoms with van der Waals surface area (Å²) in [5.41, 5.74) is 1.95. The van der Waals surface area contributed by atoms with E-state index < -0.39 is 5.97 Å². The molecule has 0 aliphatic heterocycles. The van der Waals surface area contributed by atoms with Gasteiger partial charge in [-0.25, -0.2) is 4.79 Å². The van der Waals surface area contributed by atoms with Crippen LogP contribution in [0, 0.1) is 0 Å². The molecule has 2 N–H and O–H groups in total. The zero-order valence-electron chi connectivity index (χ0n) is 16.1. The van der Waals surface area contributed by atoms with Crippen LogP contribution in [0.25, 0.3) is 0 Å². The Balaban J connectivity index is 1.92. The Bertz CT molecular complexity index is 759. The molecule has 0 radical (unpaired) electrons. The molecule has 1 atom stereocenters. The molecule has 144 valence electrons. The Labute approximate surface area is 160 Å². The van der Waals surface area contributed by atoms with Gasteiger partial charge in [-0.3, -0.25) is 4.79 Å². The summed E-state index contributed by atoms with van der Waals surface area (Å²) in [5, 5.41) is 2.81. The average Bonchev–Trinajstić information content (AvgIpc) is 2.64. The fraction of sp³-hybridized carbons (Fsp3) is 0.333. The van der Waals surface area contributed by atoms with Gasteiger partial charge in [0, 0.05) is 5.56 Å². The predicted octanol–water partition coefficient (Wildman–Crippen LogP) is 1.92. The summed E-state index contributed by atoms with van der Waals surface area (Å²) in [5.74, 6) is 0.242. The van der Waals surface area contributed by atoms with Crippen LogP contribution in [0.1, 0.15) is 29.8 Å². The standard InChI is InChI=1S/C21H26N2O4/c1-4-26-17-12-10-16(11-13-17)14-23(3)15-20(24)22-19-9-7-6-8-18(19)21(25)27-5-2/h6-13H,4-5,14-15H2,1-3H3,(H,22,24)/p+1. The lowest BCUT2D eigenvalue weighted by Crippen LogP contribution is -3.08. The number of quaternary nitrogens is 1. The van der Waals surface area contributed by atoms with Crippen molar-refractivity contribution in [3.63, 3.8) is 0 Å². The van der Waals surface area contributed by atoms with Crippen molar-refractivity contribution in [2.75, 3.05) is 32.1 Å². The van der Waals surface area contributed by atoms with Gasteiger partial charge >= 0.3 is 5.97 Å². The molecule has 2 aromatic carbocycles. The maximum atomic E-state index is 12.4. The number of carbonyl (C=O) groups is 2. The Kier molecular flexibility index (Phi) is 7.82. The van der Waals surface area contributed by atoms with Crippen LogP contribution in [0.2, 0.25) is 0 Å². The summed E-state index contributed by atoms with van der Waals surface area (Å²) in [6.45, 7) is 5.61. The molecule has 0 aliphatic rings.